The third-order valence-corrected chi connectivity index (χ3v) is 3.92. The van der Waals surface area contributed by atoms with E-state index < -0.39 is 11.9 Å². The molecule has 1 heterocycles. The molecule has 17 heavy (non-hydrogen) atoms. The number of thiophene rings is 1. The van der Waals surface area contributed by atoms with Gasteiger partial charge in [0, 0.05) is 16.3 Å². The molecule has 5 heteroatoms. The van der Waals surface area contributed by atoms with Gasteiger partial charge < -0.3 is 5.11 Å². The lowest BCUT2D eigenvalue weighted by Crippen LogP contribution is -2.01. The van der Waals surface area contributed by atoms with Gasteiger partial charge in [-0.05, 0) is 29.8 Å². The van der Waals surface area contributed by atoms with E-state index in [0.717, 1.165) is 4.88 Å². The number of benzene rings is 1. The van der Waals surface area contributed by atoms with Crippen molar-refractivity contribution >= 4 is 34.5 Å². The standard InChI is InChI=1S/C12H9Cl2FOS/c13-8-2-1-7(9(15)6-8)5-10(16)11-3-4-12(14)17-11/h1-4,6,10,16H,5H2. The van der Waals surface area contributed by atoms with E-state index in [2.05, 4.69) is 0 Å². The zero-order chi connectivity index (χ0) is 12.4. The van der Waals surface area contributed by atoms with Crippen molar-refractivity contribution in [2.45, 2.75) is 12.5 Å². The number of hydrogen-bond acceptors (Lipinski definition) is 2. The summed E-state index contributed by atoms with van der Waals surface area (Å²) in [5.41, 5.74) is 0.437. The number of halogens is 3. The molecule has 1 nitrogen and oxygen atoms in total. The molecular weight excluding hydrogens is 282 g/mol. The Morgan fingerprint density at radius 1 is 1.24 bits per heavy atom. The summed E-state index contributed by atoms with van der Waals surface area (Å²) in [4.78, 5) is 0.726. The predicted octanol–water partition coefficient (Wildman–Crippen LogP) is 4.47. The van der Waals surface area contributed by atoms with E-state index in [1.54, 1.807) is 24.3 Å². The molecule has 0 saturated heterocycles. The first kappa shape index (κ1) is 12.8. The second kappa shape index (κ2) is 5.36. The molecule has 0 fully saturated rings. The molecule has 0 saturated carbocycles. The average molecular weight is 291 g/mol. The second-order valence-electron chi connectivity index (χ2n) is 3.60. The van der Waals surface area contributed by atoms with Gasteiger partial charge in [0.05, 0.1) is 10.4 Å². The van der Waals surface area contributed by atoms with Crippen LogP contribution >= 0.6 is 34.5 Å². The molecule has 1 aromatic heterocycles. The maximum Gasteiger partial charge on any atom is 0.127 e. The van der Waals surface area contributed by atoms with Gasteiger partial charge in [-0.3, -0.25) is 0 Å². The van der Waals surface area contributed by atoms with Crippen molar-refractivity contribution in [3.8, 4) is 0 Å². The average Bonchev–Trinajstić information content (AvgIpc) is 2.69. The van der Waals surface area contributed by atoms with Crippen molar-refractivity contribution < 1.29 is 9.50 Å². The first-order chi connectivity index (χ1) is 8.06. The molecule has 0 spiro atoms. The maximum atomic E-state index is 13.5. The normalized spacial score (nSPS) is 12.7. The molecule has 2 aromatic rings. The molecule has 0 bridgehead atoms. The molecular formula is C12H9Cl2FOS. The van der Waals surface area contributed by atoms with Gasteiger partial charge in [-0.25, -0.2) is 4.39 Å². The highest BCUT2D eigenvalue weighted by atomic mass is 35.5. The highest BCUT2D eigenvalue weighted by molar-refractivity contribution is 7.16. The Labute approximate surface area is 112 Å². The van der Waals surface area contributed by atoms with Crippen LogP contribution in [0.1, 0.15) is 16.5 Å². The number of rotatable bonds is 3. The lowest BCUT2D eigenvalue weighted by atomic mass is 10.1. The minimum Gasteiger partial charge on any atom is -0.387 e. The lowest BCUT2D eigenvalue weighted by Gasteiger charge is -2.09. The quantitative estimate of drug-likeness (QED) is 0.884. The van der Waals surface area contributed by atoms with Crippen LogP contribution in [-0.4, -0.2) is 5.11 Å². The van der Waals surface area contributed by atoms with E-state index in [1.165, 1.54) is 17.4 Å². The van der Waals surface area contributed by atoms with Crippen molar-refractivity contribution in [1.29, 1.82) is 0 Å². The van der Waals surface area contributed by atoms with Crippen LogP contribution in [0.15, 0.2) is 30.3 Å². The molecule has 1 N–H and O–H groups in total. The number of aliphatic hydroxyl groups excluding tert-OH is 1. The molecule has 0 aliphatic heterocycles. The van der Waals surface area contributed by atoms with Crippen LogP contribution in [0.25, 0.3) is 0 Å². The fourth-order valence-corrected chi connectivity index (χ4v) is 2.71. The van der Waals surface area contributed by atoms with Crippen LogP contribution in [0.2, 0.25) is 9.36 Å². The topological polar surface area (TPSA) is 20.2 Å². The van der Waals surface area contributed by atoms with E-state index in [1.807, 2.05) is 0 Å². The first-order valence-corrected chi connectivity index (χ1v) is 6.51. The molecule has 1 aromatic carbocycles. The van der Waals surface area contributed by atoms with Crippen molar-refractivity contribution in [1.82, 2.24) is 0 Å². The molecule has 1 unspecified atom stereocenters. The molecule has 0 amide bonds. The van der Waals surface area contributed by atoms with Crippen LogP contribution in [-0.2, 0) is 6.42 Å². The smallest absolute Gasteiger partial charge is 0.127 e. The van der Waals surface area contributed by atoms with Gasteiger partial charge in [0.25, 0.3) is 0 Å². The van der Waals surface area contributed by atoms with Gasteiger partial charge in [0.1, 0.15) is 5.82 Å². The Kier molecular flexibility index (Phi) is 4.05. The van der Waals surface area contributed by atoms with Gasteiger partial charge >= 0.3 is 0 Å². The van der Waals surface area contributed by atoms with Gasteiger partial charge in [0.15, 0.2) is 0 Å². The predicted molar refractivity (Wildman–Crippen MR) is 69.4 cm³/mol. The Hall–Kier alpha value is -0.610. The van der Waals surface area contributed by atoms with E-state index in [0.29, 0.717) is 14.9 Å². The van der Waals surface area contributed by atoms with Crippen molar-refractivity contribution in [2.75, 3.05) is 0 Å². The summed E-state index contributed by atoms with van der Waals surface area (Å²) in [6.07, 6.45) is -0.539. The fraction of sp³-hybridized carbons (Fsp3) is 0.167. The van der Waals surface area contributed by atoms with E-state index in [4.69, 9.17) is 23.2 Å². The van der Waals surface area contributed by atoms with E-state index in [-0.39, 0.29) is 6.42 Å². The fourth-order valence-electron chi connectivity index (χ4n) is 1.50. The molecule has 1 atom stereocenters. The van der Waals surface area contributed by atoms with Crippen molar-refractivity contribution in [3.63, 3.8) is 0 Å². The van der Waals surface area contributed by atoms with Crippen LogP contribution in [0, 0.1) is 5.82 Å². The Morgan fingerprint density at radius 3 is 2.59 bits per heavy atom. The maximum absolute atomic E-state index is 13.5. The second-order valence-corrected chi connectivity index (χ2v) is 5.78. The minimum atomic E-state index is -0.747. The monoisotopic (exact) mass is 290 g/mol. The Bertz CT molecular complexity index is 527. The Morgan fingerprint density at radius 2 is 2.00 bits per heavy atom. The summed E-state index contributed by atoms with van der Waals surface area (Å²) >= 11 is 12.7. The third kappa shape index (κ3) is 3.19. The van der Waals surface area contributed by atoms with Gasteiger partial charge in [-0.15, -0.1) is 11.3 Å². The molecule has 0 aliphatic rings. The van der Waals surface area contributed by atoms with Crippen LogP contribution in [0.4, 0.5) is 4.39 Å². The zero-order valence-corrected chi connectivity index (χ0v) is 11.0. The summed E-state index contributed by atoms with van der Waals surface area (Å²) in [6, 6.07) is 7.88. The van der Waals surface area contributed by atoms with Gasteiger partial charge in [-0.2, -0.15) is 0 Å². The minimum absolute atomic E-state index is 0.208. The number of hydrogen-bond donors (Lipinski definition) is 1. The van der Waals surface area contributed by atoms with E-state index in [9.17, 15) is 9.50 Å². The third-order valence-electron chi connectivity index (χ3n) is 2.35. The Balaban J connectivity index is 2.15. The summed E-state index contributed by atoms with van der Waals surface area (Å²) in [5, 5.41) is 10.3. The summed E-state index contributed by atoms with van der Waals surface area (Å²) in [7, 11) is 0. The van der Waals surface area contributed by atoms with Crippen LogP contribution in [0.5, 0.6) is 0 Å². The van der Waals surface area contributed by atoms with Crippen LogP contribution < -0.4 is 0 Å². The highest BCUT2D eigenvalue weighted by Crippen LogP contribution is 2.29. The van der Waals surface area contributed by atoms with Crippen molar-refractivity contribution in [2.24, 2.45) is 0 Å². The molecule has 0 radical (unpaired) electrons. The van der Waals surface area contributed by atoms with Crippen LogP contribution in [0.3, 0.4) is 0 Å². The van der Waals surface area contributed by atoms with Crippen molar-refractivity contribution in [3.05, 3.63) is 55.9 Å². The first-order valence-electron chi connectivity index (χ1n) is 4.93. The summed E-state index contributed by atoms with van der Waals surface area (Å²) in [5.74, 6) is -0.404. The largest absolute Gasteiger partial charge is 0.387 e. The summed E-state index contributed by atoms with van der Waals surface area (Å²) in [6.45, 7) is 0. The summed E-state index contributed by atoms with van der Waals surface area (Å²) < 4.78 is 14.1. The molecule has 90 valence electrons. The lowest BCUT2D eigenvalue weighted by molar-refractivity contribution is 0.181. The zero-order valence-electron chi connectivity index (χ0n) is 8.66. The van der Waals surface area contributed by atoms with E-state index >= 15 is 0 Å². The molecule has 0 aliphatic carbocycles. The highest BCUT2D eigenvalue weighted by Gasteiger charge is 2.13. The van der Waals surface area contributed by atoms with Gasteiger partial charge in [0.2, 0.25) is 0 Å². The number of aliphatic hydroxyl groups is 1. The van der Waals surface area contributed by atoms with Gasteiger partial charge in [-0.1, -0.05) is 29.3 Å². The SMILES string of the molecule is OC(Cc1ccc(Cl)cc1F)c1ccc(Cl)s1. The molecule has 2 rings (SSSR count).